The summed E-state index contributed by atoms with van der Waals surface area (Å²) >= 11 is 6.03. The van der Waals surface area contributed by atoms with Gasteiger partial charge in [0.2, 0.25) is 0 Å². The lowest BCUT2D eigenvalue weighted by molar-refractivity contribution is 0.101. The summed E-state index contributed by atoms with van der Waals surface area (Å²) in [5, 5.41) is 0.489. The lowest BCUT2D eigenvalue weighted by atomic mass is 10.1. The molecule has 0 atom stereocenters. The van der Waals surface area contributed by atoms with Crippen LogP contribution in [0.4, 0.5) is 0 Å². The fourth-order valence-corrected chi connectivity index (χ4v) is 1.56. The number of ketones is 1. The second-order valence-electron chi connectivity index (χ2n) is 3.06. The molecule has 0 fully saturated rings. The summed E-state index contributed by atoms with van der Waals surface area (Å²) in [7, 11) is 0. The fourth-order valence-electron chi connectivity index (χ4n) is 1.27. The molecule has 0 aliphatic heterocycles. The molecular weight excluding hydrogens is 200 g/mol. The largest absolute Gasteiger partial charge is 0.493 e. The Morgan fingerprint density at radius 3 is 2.64 bits per heavy atom. The van der Waals surface area contributed by atoms with Crippen molar-refractivity contribution in [3.05, 3.63) is 28.3 Å². The van der Waals surface area contributed by atoms with Crippen LogP contribution in [0.5, 0.6) is 5.75 Å². The van der Waals surface area contributed by atoms with Crippen LogP contribution in [-0.4, -0.2) is 12.4 Å². The van der Waals surface area contributed by atoms with E-state index in [0.717, 1.165) is 5.56 Å². The average molecular weight is 213 g/mol. The van der Waals surface area contributed by atoms with Gasteiger partial charge in [0.05, 0.1) is 17.2 Å². The molecule has 0 N–H and O–H groups in total. The molecule has 1 rings (SSSR count). The van der Waals surface area contributed by atoms with Gasteiger partial charge in [0.25, 0.3) is 0 Å². The van der Waals surface area contributed by atoms with E-state index in [1.54, 1.807) is 6.07 Å². The topological polar surface area (TPSA) is 26.3 Å². The van der Waals surface area contributed by atoms with E-state index in [1.807, 2.05) is 19.9 Å². The van der Waals surface area contributed by atoms with Gasteiger partial charge < -0.3 is 4.74 Å². The molecule has 2 nitrogen and oxygen atoms in total. The van der Waals surface area contributed by atoms with Gasteiger partial charge in [-0.1, -0.05) is 17.7 Å². The average Bonchev–Trinajstić information content (AvgIpc) is 2.11. The van der Waals surface area contributed by atoms with Gasteiger partial charge in [0, 0.05) is 0 Å². The zero-order chi connectivity index (χ0) is 10.7. The van der Waals surface area contributed by atoms with Crippen LogP contribution in [0.1, 0.15) is 29.8 Å². The number of halogens is 1. The minimum atomic E-state index is -0.0675. The molecule has 0 saturated carbocycles. The summed E-state index contributed by atoms with van der Waals surface area (Å²) in [6.07, 6.45) is 0. The Bertz CT molecular complexity index is 359. The number of ether oxygens (including phenoxy) is 1. The molecule has 0 aliphatic carbocycles. The van der Waals surface area contributed by atoms with Gasteiger partial charge in [-0.3, -0.25) is 4.79 Å². The van der Waals surface area contributed by atoms with Crippen LogP contribution in [0, 0.1) is 6.92 Å². The molecule has 0 aliphatic rings. The van der Waals surface area contributed by atoms with E-state index in [4.69, 9.17) is 16.3 Å². The Hall–Kier alpha value is -1.02. The predicted octanol–water partition coefficient (Wildman–Crippen LogP) is 3.25. The van der Waals surface area contributed by atoms with Crippen molar-refractivity contribution in [2.75, 3.05) is 6.61 Å². The molecule has 76 valence electrons. The third kappa shape index (κ3) is 2.07. The summed E-state index contributed by atoms with van der Waals surface area (Å²) in [5.74, 6) is 0.498. The van der Waals surface area contributed by atoms with Crippen LogP contribution in [0.3, 0.4) is 0 Å². The normalized spacial score (nSPS) is 10.0. The van der Waals surface area contributed by atoms with E-state index in [2.05, 4.69) is 0 Å². The van der Waals surface area contributed by atoms with E-state index >= 15 is 0 Å². The van der Waals surface area contributed by atoms with Gasteiger partial charge in [0.15, 0.2) is 5.78 Å². The van der Waals surface area contributed by atoms with Crippen LogP contribution in [0.2, 0.25) is 5.02 Å². The molecule has 1 aromatic rings. The van der Waals surface area contributed by atoms with E-state index in [-0.39, 0.29) is 5.78 Å². The molecule has 0 aromatic heterocycles. The fraction of sp³-hybridized carbons (Fsp3) is 0.364. The summed E-state index contributed by atoms with van der Waals surface area (Å²) in [6.45, 7) is 5.75. The number of benzene rings is 1. The van der Waals surface area contributed by atoms with Gasteiger partial charge in [0.1, 0.15) is 5.75 Å². The van der Waals surface area contributed by atoms with Crippen molar-refractivity contribution in [3.63, 3.8) is 0 Å². The van der Waals surface area contributed by atoms with Crippen molar-refractivity contribution in [1.82, 2.24) is 0 Å². The molecule has 0 spiro atoms. The molecule has 0 bridgehead atoms. The van der Waals surface area contributed by atoms with Gasteiger partial charge in [-0.05, 0) is 32.4 Å². The van der Waals surface area contributed by atoms with Crippen LogP contribution in [0.15, 0.2) is 12.1 Å². The SMILES string of the molecule is CCOc1ccc(C)c(Cl)c1C(C)=O. The van der Waals surface area contributed by atoms with Gasteiger partial charge in [-0.2, -0.15) is 0 Å². The summed E-state index contributed by atoms with van der Waals surface area (Å²) in [4.78, 5) is 11.3. The number of rotatable bonds is 3. The molecule has 0 radical (unpaired) electrons. The number of hydrogen-bond donors (Lipinski definition) is 0. The van der Waals surface area contributed by atoms with Crippen LogP contribution < -0.4 is 4.74 Å². The Morgan fingerprint density at radius 1 is 1.50 bits per heavy atom. The quantitative estimate of drug-likeness (QED) is 0.719. The Kier molecular flexibility index (Phi) is 3.53. The Morgan fingerprint density at radius 2 is 2.14 bits per heavy atom. The maximum absolute atomic E-state index is 11.3. The van der Waals surface area contributed by atoms with E-state index < -0.39 is 0 Å². The third-order valence-corrected chi connectivity index (χ3v) is 2.44. The van der Waals surface area contributed by atoms with Crippen molar-refractivity contribution >= 4 is 17.4 Å². The highest BCUT2D eigenvalue weighted by atomic mass is 35.5. The molecular formula is C11H13ClO2. The molecule has 0 amide bonds. The number of hydrogen-bond acceptors (Lipinski definition) is 2. The summed E-state index contributed by atoms with van der Waals surface area (Å²) in [5.41, 5.74) is 1.37. The monoisotopic (exact) mass is 212 g/mol. The van der Waals surface area contributed by atoms with Crippen molar-refractivity contribution in [2.24, 2.45) is 0 Å². The zero-order valence-electron chi connectivity index (χ0n) is 8.56. The van der Waals surface area contributed by atoms with E-state index in [1.165, 1.54) is 6.92 Å². The first-order chi connectivity index (χ1) is 6.57. The summed E-state index contributed by atoms with van der Waals surface area (Å²) < 4.78 is 5.33. The first kappa shape index (κ1) is 11.1. The summed E-state index contributed by atoms with van der Waals surface area (Å²) in [6, 6.07) is 3.63. The van der Waals surface area contributed by atoms with Crippen molar-refractivity contribution < 1.29 is 9.53 Å². The van der Waals surface area contributed by atoms with Crippen LogP contribution >= 0.6 is 11.6 Å². The predicted molar refractivity (Wildman–Crippen MR) is 57.4 cm³/mol. The highest BCUT2D eigenvalue weighted by Crippen LogP contribution is 2.29. The number of Topliss-reactive ketones (excluding diaryl/α,β-unsaturated/α-hetero) is 1. The lowest BCUT2D eigenvalue weighted by Gasteiger charge is -2.10. The smallest absolute Gasteiger partial charge is 0.165 e. The van der Waals surface area contributed by atoms with Crippen molar-refractivity contribution in [1.29, 1.82) is 0 Å². The Balaban J connectivity index is 3.30. The van der Waals surface area contributed by atoms with Gasteiger partial charge in [-0.15, -0.1) is 0 Å². The van der Waals surface area contributed by atoms with E-state index in [0.29, 0.717) is 22.9 Å². The second kappa shape index (κ2) is 4.47. The minimum Gasteiger partial charge on any atom is -0.493 e. The number of carbonyl (C=O) groups is 1. The van der Waals surface area contributed by atoms with Crippen LogP contribution in [-0.2, 0) is 0 Å². The first-order valence-electron chi connectivity index (χ1n) is 4.50. The van der Waals surface area contributed by atoms with Gasteiger partial charge >= 0.3 is 0 Å². The molecule has 0 unspecified atom stereocenters. The highest BCUT2D eigenvalue weighted by molar-refractivity contribution is 6.35. The first-order valence-corrected chi connectivity index (χ1v) is 4.88. The third-order valence-electron chi connectivity index (χ3n) is 1.95. The standard InChI is InChI=1S/C11H13ClO2/c1-4-14-9-6-5-7(2)11(12)10(9)8(3)13/h5-6H,4H2,1-3H3. The molecule has 0 heterocycles. The Labute approximate surface area is 88.8 Å². The minimum absolute atomic E-state index is 0.0675. The van der Waals surface area contributed by atoms with Crippen LogP contribution in [0.25, 0.3) is 0 Å². The van der Waals surface area contributed by atoms with Crippen molar-refractivity contribution in [3.8, 4) is 5.75 Å². The zero-order valence-corrected chi connectivity index (χ0v) is 9.31. The second-order valence-corrected chi connectivity index (χ2v) is 3.44. The molecule has 14 heavy (non-hydrogen) atoms. The molecule has 0 saturated heterocycles. The maximum Gasteiger partial charge on any atom is 0.165 e. The lowest BCUT2D eigenvalue weighted by Crippen LogP contribution is -2.02. The molecule has 3 heteroatoms. The van der Waals surface area contributed by atoms with Crippen molar-refractivity contribution in [2.45, 2.75) is 20.8 Å². The maximum atomic E-state index is 11.3. The number of aryl methyl sites for hydroxylation is 1. The molecule has 1 aromatic carbocycles. The van der Waals surface area contributed by atoms with Gasteiger partial charge in [-0.25, -0.2) is 0 Å². The van der Waals surface area contributed by atoms with E-state index in [9.17, 15) is 4.79 Å². The number of carbonyl (C=O) groups excluding carboxylic acids is 1. The highest BCUT2D eigenvalue weighted by Gasteiger charge is 2.14.